The molecule has 2 heteroatoms. The molecule has 1 N–H and O–H groups in total. The minimum Gasteiger partial charge on any atom is -0.465 e. The molecule has 1 aromatic rings. The summed E-state index contributed by atoms with van der Waals surface area (Å²) >= 11 is 0. The van der Waals surface area contributed by atoms with E-state index in [0.717, 1.165) is 17.0 Å². The molecule has 0 bridgehead atoms. The Bertz CT molecular complexity index is 367. The van der Waals surface area contributed by atoms with E-state index in [-0.39, 0.29) is 6.23 Å². The highest BCUT2D eigenvalue weighted by atomic mass is 16.5. The summed E-state index contributed by atoms with van der Waals surface area (Å²) in [6.45, 7) is 5.82. The number of nitrogens with one attached hydrogen (secondary N) is 1. The zero-order valence-corrected chi connectivity index (χ0v) is 8.16. The molecule has 0 radical (unpaired) electrons. The van der Waals surface area contributed by atoms with Gasteiger partial charge in [-0.15, -0.1) is 0 Å². The molecule has 0 aromatic heterocycles. The van der Waals surface area contributed by atoms with E-state index in [2.05, 4.69) is 11.9 Å². The second kappa shape index (κ2) is 3.58. The SMILES string of the molecule is C=C1NC(c2ccccc2)O/C1=C/C. The first-order valence-corrected chi connectivity index (χ1v) is 4.65. The molecule has 0 saturated carbocycles. The maximum atomic E-state index is 5.66. The van der Waals surface area contributed by atoms with Crippen LogP contribution in [0.2, 0.25) is 0 Å². The highest BCUT2D eigenvalue weighted by Gasteiger charge is 2.23. The Hall–Kier alpha value is -1.70. The molecule has 72 valence electrons. The van der Waals surface area contributed by atoms with Gasteiger partial charge in [0.2, 0.25) is 0 Å². The maximum absolute atomic E-state index is 5.66. The summed E-state index contributed by atoms with van der Waals surface area (Å²) in [5.74, 6) is 0.832. The van der Waals surface area contributed by atoms with Crippen LogP contribution in [0.1, 0.15) is 18.7 Å². The third kappa shape index (κ3) is 1.51. The molecule has 1 atom stereocenters. The minimum absolute atomic E-state index is 0.0881. The lowest BCUT2D eigenvalue weighted by Crippen LogP contribution is -2.11. The predicted molar refractivity (Wildman–Crippen MR) is 56.3 cm³/mol. The minimum atomic E-state index is -0.0881. The molecule has 1 fully saturated rings. The molecule has 1 aromatic carbocycles. The van der Waals surface area contributed by atoms with E-state index in [1.165, 1.54) is 0 Å². The topological polar surface area (TPSA) is 21.3 Å². The molecule has 0 spiro atoms. The molecule has 1 saturated heterocycles. The second-order valence-corrected chi connectivity index (χ2v) is 3.18. The summed E-state index contributed by atoms with van der Waals surface area (Å²) in [5, 5.41) is 3.19. The lowest BCUT2D eigenvalue weighted by Gasteiger charge is -2.09. The first-order valence-electron chi connectivity index (χ1n) is 4.65. The summed E-state index contributed by atoms with van der Waals surface area (Å²) in [4.78, 5) is 0. The quantitative estimate of drug-likeness (QED) is 0.729. The molecule has 0 aliphatic carbocycles. The Morgan fingerprint density at radius 2 is 2.07 bits per heavy atom. The average Bonchev–Trinajstić information content (AvgIpc) is 2.61. The van der Waals surface area contributed by atoms with E-state index in [4.69, 9.17) is 4.74 Å². The van der Waals surface area contributed by atoms with Crippen molar-refractivity contribution in [3.63, 3.8) is 0 Å². The Morgan fingerprint density at radius 3 is 2.64 bits per heavy atom. The van der Waals surface area contributed by atoms with Crippen LogP contribution in [0, 0.1) is 0 Å². The molecule has 1 aliphatic heterocycles. The first-order chi connectivity index (χ1) is 6.81. The fraction of sp³-hybridized carbons (Fsp3) is 0.167. The van der Waals surface area contributed by atoms with Crippen LogP contribution in [-0.2, 0) is 4.74 Å². The zero-order chi connectivity index (χ0) is 9.97. The smallest absolute Gasteiger partial charge is 0.196 e. The van der Waals surface area contributed by atoms with Crippen molar-refractivity contribution in [2.75, 3.05) is 0 Å². The van der Waals surface area contributed by atoms with Crippen molar-refractivity contribution < 1.29 is 4.74 Å². The van der Waals surface area contributed by atoms with Crippen LogP contribution in [0.5, 0.6) is 0 Å². The van der Waals surface area contributed by atoms with Crippen LogP contribution in [0.4, 0.5) is 0 Å². The van der Waals surface area contributed by atoms with Crippen LogP contribution in [0.25, 0.3) is 0 Å². The first kappa shape index (κ1) is 8.88. The molecule has 2 nitrogen and oxygen atoms in total. The Labute approximate surface area is 83.9 Å². The van der Waals surface area contributed by atoms with Gasteiger partial charge in [0.1, 0.15) is 5.76 Å². The van der Waals surface area contributed by atoms with Gasteiger partial charge in [-0.1, -0.05) is 36.9 Å². The van der Waals surface area contributed by atoms with Crippen molar-refractivity contribution >= 4 is 0 Å². The van der Waals surface area contributed by atoms with Crippen LogP contribution < -0.4 is 5.32 Å². The summed E-state index contributed by atoms with van der Waals surface area (Å²) in [7, 11) is 0. The van der Waals surface area contributed by atoms with Crippen molar-refractivity contribution in [1.82, 2.24) is 5.32 Å². The second-order valence-electron chi connectivity index (χ2n) is 3.18. The summed E-state index contributed by atoms with van der Waals surface area (Å²) < 4.78 is 5.66. The lowest BCUT2D eigenvalue weighted by atomic mass is 10.2. The fourth-order valence-electron chi connectivity index (χ4n) is 1.48. The molecule has 1 unspecified atom stereocenters. The number of benzene rings is 1. The number of ether oxygens (including phenoxy) is 1. The van der Waals surface area contributed by atoms with Gasteiger partial charge in [0, 0.05) is 5.56 Å². The van der Waals surface area contributed by atoms with Gasteiger partial charge in [0.05, 0.1) is 5.70 Å². The van der Waals surface area contributed by atoms with E-state index in [1.807, 2.05) is 43.3 Å². The van der Waals surface area contributed by atoms with Gasteiger partial charge in [0.15, 0.2) is 6.23 Å². The maximum Gasteiger partial charge on any atom is 0.196 e. The summed E-state index contributed by atoms with van der Waals surface area (Å²) in [6.07, 6.45) is 1.83. The monoisotopic (exact) mass is 187 g/mol. The summed E-state index contributed by atoms with van der Waals surface area (Å²) in [5.41, 5.74) is 1.96. The van der Waals surface area contributed by atoms with Crippen molar-refractivity contribution in [2.45, 2.75) is 13.2 Å². The molecular formula is C12H13NO. The van der Waals surface area contributed by atoms with Crippen LogP contribution in [0.15, 0.2) is 54.4 Å². The highest BCUT2D eigenvalue weighted by Crippen LogP contribution is 2.28. The number of hydrogen-bond donors (Lipinski definition) is 1. The molecular weight excluding hydrogens is 174 g/mol. The van der Waals surface area contributed by atoms with Crippen LogP contribution in [0.3, 0.4) is 0 Å². The van der Waals surface area contributed by atoms with Gasteiger partial charge in [0.25, 0.3) is 0 Å². The van der Waals surface area contributed by atoms with E-state index >= 15 is 0 Å². The van der Waals surface area contributed by atoms with Gasteiger partial charge in [-0.25, -0.2) is 0 Å². The molecule has 1 aliphatic rings. The fourth-order valence-corrected chi connectivity index (χ4v) is 1.48. The van der Waals surface area contributed by atoms with Crippen molar-refractivity contribution in [3.8, 4) is 0 Å². The standard InChI is InChI=1S/C12H13NO/c1-3-11-9(2)13-12(14-11)10-7-5-4-6-8-10/h3-8,12-13H,2H2,1H3/b11-3+. The average molecular weight is 187 g/mol. The van der Waals surface area contributed by atoms with Gasteiger partial charge >= 0.3 is 0 Å². The van der Waals surface area contributed by atoms with Gasteiger partial charge in [-0.2, -0.15) is 0 Å². The van der Waals surface area contributed by atoms with Gasteiger partial charge in [-0.3, -0.25) is 0 Å². The molecule has 14 heavy (non-hydrogen) atoms. The third-order valence-electron chi connectivity index (χ3n) is 2.21. The largest absolute Gasteiger partial charge is 0.465 e. The van der Waals surface area contributed by atoms with Gasteiger partial charge < -0.3 is 10.1 Å². The third-order valence-corrected chi connectivity index (χ3v) is 2.21. The lowest BCUT2D eigenvalue weighted by molar-refractivity contribution is 0.147. The number of allylic oxidation sites excluding steroid dienone is 1. The van der Waals surface area contributed by atoms with E-state index in [9.17, 15) is 0 Å². The Morgan fingerprint density at radius 1 is 1.36 bits per heavy atom. The van der Waals surface area contributed by atoms with Gasteiger partial charge in [-0.05, 0) is 13.0 Å². The van der Waals surface area contributed by atoms with Crippen molar-refractivity contribution in [2.24, 2.45) is 0 Å². The molecule has 1 heterocycles. The van der Waals surface area contributed by atoms with Crippen molar-refractivity contribution in [1.29, 1.82) is 0 Å². The Kier molecular flexibility index (Phi) is 2.27. The molecule has 0 amide bonds. The summed E-state index contributed by atoms with van der Waals surface area (Å²) in [6, 6.07) is 10.0. The molecule has 2 rings (SSSR count). The van der Waals surface area contributed by atoms with Crippen LogP contribution in [-0.4, -0.2) is 0 Å². The van der Waals surface area contributed by atoms with E-state index in [1.54, 1.807) is 0 Å². The normalized spacial score (nSPS) is 23.4. The van der Waals surface area contributed by atoms with E-state index in [0.29, 0.717) is 0 Å². The zero-order valence-electron chi connectivity index (χ0n) is 8.16. The number of rotatable bonds is 1. The van der Waals surface area contributed by atoms with E-state index < -0.39 is 0 Å². The highest BCUT2D eigenvalue weighted by molar-refractivity contribution is 5.29. The Balaban J connectivity index is 2.21. The number of hydrogen-bond acceptors (Lipinski definition) is 2. The predicted octanol–water partition coefficient (Wildman–Crippen LogP) is 2.72. The van der Waals surface area contributed by atoms with Crippen LogP contribution >= 0.6 is 0 Å². The van der Waals surface area contributed by atoms with Crippen molar-refractivity contribution in [3.05, 3.63) is 60.0 Å².